The minimum absolute atomic E-state index is 0.309. The summed E-state index contributed by atoms with van der Waals surface area (Å²) >= 11 is 0. The van der Waals surface area contributed by atoms with Gasteiger partial charge in [-0.25, -0.2) is 4.79 Å². The van der Waals surface area contributed by atoms with Gasteiger partial charge >= 0.3 is 6.09 Å². The van der Waals surface area contributed by atoms with Crippen LogP contribution in [-0.2, 0) is 4.74 Å². The lowest BCUT2D eigenvalue weighted by Crippen LogP contribution is -2.30. The largest absolute Gasteiger partial charge is 0.457 e. The number of ether oxygens (including phenoxy) is 2. The topological polar surface area (TPSA) is 38.8 Å². The average molecular weight is 323 g/mol. The Morgan fingerprint density at radius 2 is 1.71 bits per heavy atom. The van der Waals surface area contributed by atoms with Crippen LogP contribution in [0.25, 0.3) is 5.70 Å². The van der Waals surface area contributed by atoms with Gasteiger partial charge in [-0.3, -0.25) is 4.90 Å². The lowest BCUT2D eigenvalue weighted by molar-refractivity contribution is 0.128. The van der Waals surface area contributed by atoms with E-state index in [1.165, 1.54) is 4.90 Å². The van der Waals surface area contributed by atoms with Crippen LogP contribution in [0.3, 0.4) is 0 Å². The molecule has 2 aromatic rings. The summed E-state index contributed by atoms with van der Waals surface area (Å²) in [6.07, 6.45) is 1.20. The van der Waals surface area contributed by atoms with E-state index >= 15 is 0 Å². The smallest absolute Gasteiger partial charge is 0.414 e. The minimum atomic E-state index is -0.438. The van der Waals surface area contributed by atoms with Gasteiger partial charge in [0.2, 0.25) is 0 Å². The fourth-order valence-electron chi connectivity index (χ4n) is 2.12. The number of hydrogen-bond donors (Lipinski definition) is 0. The SMILES string of the molecule is C=CCN(C(=C)c1ccc(Oc2ccccc2)cc1)C(=O)OCC. The second-order valence-corrected chi connectivity index (χ2v) is 4.98. The van der Waals surface area contributed by atoms with Gasteiger partial charge in [-0.1, -0.05) is 30.9 Å². The van der Waals surface area contributed by atoms with Crippen LogP contribution in [0, 0.1) is 0 Å². The van der Waals surface area contributed by atoms with Crippen LogP contribution in [-0.4, -0.2) is 24.1 Å². The Bertz CT molecular complexity index is 693. The van der Waals surface area contributed by atoms with Crippen LogP contribution in [0.2, 0.25) is 0 Å². The highest BCUT2D eigenvalue weighted by molar-refractivity contribution is 5.81. The molecule has 1 amide bonds. The van der Waals surface area contributed by atoms with Crippen molar-refractivity contribution in [3.63, 3.8) is 0 Å². The minimum Gasteiger partial charge on any atom is -0.457 e. The predicted molar refractivity (Wildman–Crippen MR) is 95.9 cm³/mol. The second kappa shape index (κ2) is 8.58. The monoisotopic (exact) mass is 323 g/mol. The lowest BCUT2D eigenvalue weighted by atomic mass is 10.1. The van der Waals surface area contributed by atoms with Crippen LogP contribution < -0.4 is 4.74 Å². The van der Waals surface area contributed by atoms with Crippen molar-refractivity contribution in [2.75, 3.05) is 13.2 Å². The normalized spacial score (nSPS) is 9.88. The third kappa shape index (κ3) is 4.49. The summed E-state index contributed by atoms with van der Waals surface area (Å²) in [5, 5.41) is 0. The molecular weight excluding hydrogens is 302 g/mol. The van der Waals surface area contributed by atoms with Crippen molar-refractivity contribution in [2.45, 2.75) is 6.92 Å². The molecule has 0 saturated heterocycles. The summed E-state index contributed by atoms with van der Waals surface area (Å²) in [5.74, 6) is 1.48. The maximum atomic E-state index is 12.0. The molecular formula is C20H21NO3. The van der Waals surface area contributed by atoms with Gasteiger partial charge < -0.3 is 9.47 Å². The second-order valence-electron chi connectivity index (χ2n) is 4.98. The molecule has 0 aliphatic heterocycles. The van der Waals surface area contributed by atoms with Gasteiger partial charge in [0.25, 0.3) is 0 Å². The van der Waals surface area contributed by atoms with E-state index in [4.69, 9.17) is 9.47 Å². The third-order valence-corrected chi connectivity index (χ3v) is 3.29. The van der Waals surface area contributed by atoms with E-state index in [0.29, 0.717) is 24.6 Å². The summed E-state index contributed by atoms with van der Waals surface area (Å²) in [7, 11) is 0. The van der Waals surface area contributed by atoms with Gasteiger partial charge in [0.15, 0.2) is 0 Å². The summed E-state index contributed by atoms with van der Waals surface area (Å²) in [6.45, 7) is 10.1. The van der Waals surface area contributed by atoms with E-state index in [-0.39, 0.29) is 0 Å². The van der Waals surface area contributed by atoms with Crippen molar-refractivity contribution >= 4 is 11.8 Å². The first-order chi connectivity index (χ1) is 11.7. The summed E-state index contributed by atoms with van der Waals surface area (Å²) in [6, 6.07) is 16.9. The molecule has 0 heterocycles. The van der Waals surface area contributed by atoms with Crippen LogP contribution in [0.15, 0.2) is 73.8 Å². The van der Waals surface area contributed by atoms with E-state index in [9.17, 15) is 4.79 Å². The van der Waals surface area contributed by atoms with Crippen LogP contribution in [0.5, 0.6) is 11.5 Å². The summed E-state index contributed by atoms with van der Waals surface area (Å²) < 4.78 is 10.8. The molecule has 0 fully saturated rings. The quantitative estimate of drug-likeness (QED) is 0.666. The number of benzene rings is 2. The molecule has 0 spiro atoms. The highest BCUT2D eigenvalue weighted by Crippen LogP contribution is 2.25. The van der Waals surface area contributed by atoms with Crippen molar-refractivity contribution < 1.29 is 14.3 Å². The predicted octanol–water partition coefficient (Wildman–Crippen LogP) is 5.09. The number of rotatable bonds is 7. The Morgan fingerprint density at radius 1 is 1.08 bits per heavy atom. The fraction of sp³-hybridized carbons (Fsp3) is 0.150. The molecule has 4 heteroatoms. The van der Waals surface area contributed by atoms with E-state index in [2.05, 4.69) is 13.2 Å². The zero-order chi connectivity index (χ0) is 17.4. The number of nitrogens with zero attached hydrogens (tertiary/aromatic N) is 1. The summed E-state index contributed by atoms with van der Waals surface area (Å²) in [5.41, 5.74) is 1.37. The first-order valence-electron chi connectivity index (χ1n) is 7.73. The van der Waals surface area contributed by atoms with Gasteiger partial charge in [-0.2, -0.15) is 0 Å². The van der Waals surface area contributed by atoms with E-state index in [1.54, 1.807) is 13.0 Å². The average Bonchev–Trinajstić information content (AvgIpc) is 2.61. The van der Waals surface area contributed by atoms with Crippen molar-refractivity contribution in [2.24, 2.45) is 0 Å². The van der Waals surface area contributed by atoms with Crippen LogP contribution >= 0.6 is 0 Å². The first-order valence-corrected chi connectivity index (χ1v) is 7.73. The highest BCUT2D eigenvalue weighted by Gasteiger charge is 2.17. The standard InChI is InChI=1S/C20H21NO3/c1-4-15-21(20(22)23-5-2)16(3)17-11-13-19(14-12-17)24-18-9-7-6-8-10-18/h4,6-14H,1,3,5,15H2,2H3. The van der Waals surface area contributed by atoms with Gasteiger partial charge in [0.05, 0.1) is 6.61 Å². The molecule has 2 aromatic carbocycles. The Hall–Kier alpha value is -3.01. The molecule has 0 bridgehead atoms. The molecule has 24 heavy (non-hydrogen) atoms. The van der Waals surface area contributed by atoms with Gasteiger partial charge in [-0.05, 0) is 48.9 Å². The number of hydrogen-bond acceptors (Lipinski definition) is 3. The van der Waals surface area contributed by atoms with E-state index < -0.39 is 6.09 Å². The first kappa shape index (κ1) is 17.3. The van der Waals surface area contributed by atoms with Crippen LogP contribution in [0.4, 0.5) is 4.79 Å². The fourth-order valence-corrected chi connectivity index (χ4v) is 2.12. The Balaban J connectivity index is 2.11. The third-order valence-electron chi connectivity index (χ3n) is 3.29. The molecule has 0 aliphatic carbocycles. The number of carbonyl (C=O) groups excluding carboxylic acids is 1. The highest BCUT2D eigenvalue weighted by atomic mass is 16.6. The number of para-hydroxylation sites is 1. The van der Waals surface area contributed by atoms with E-state index in [1.807, 2.05) is 54.6 Å². The Kier molecular flexibility index (Phi) is 6.20. The molecule has 0 unspecified atom stereocenters. The molecule has 4 nitrogen and oxygen atoms in total. The molecule has 0 atom stereocenters. The van der Waals surface area contributed by atoms with Crippen molar-refractivity contribution in [1.82, 2.24) is 4.90 Å². The van der Waals surface area contributed by atoms with Crippen molar-refractivity contribution in [1.29, 1.82) is 0 Å². The summed E-state index contributed by atoms with van der Waals surface area (Å²) in [4.78, 5) is 13.5. The van der Waals surface area contributed by atoms with Gasteiger partial charge in [0.1, 0.15) is 11.5 Å². The molecule has 0 saturated carbocycles. The molecule has 0 aliphatic rings. The lowest BCUT2D eigenvalue weighted by Gasteiger charge is -2.22. The zero-order valence-corrected chi connectivity index (χ0v) is 13.8. The molecule has 2 rings (SSSR count). The maximum Gasteiger partial charge on any atom is 0.414 e. The van der Waals surface area contributed by atoms with Gasteiger partial charge in [0, 0.05) is 12.2 Å². The van der Waals surface area contributed by atoms with Crippen LogP contribution in [0.1, 0.15) is 12.5 Å². The van der Waals surface area contributed by atoms with E-state index in [0.717, 1.165) is 11.3 Å². The molecule has 0 aromatic heterocycles. The Labute approximate surface area is 142 Å². The molecule has 124 valence electrons. The maximum absolute atomic E-state index is 12.0. The molecule has 0 radical (unpaired) electrons. The number of carbonyl (C=O) groups is 1. The van der Waals surface area contributed by atoms with Gasteiger partial charge in [-0.15, -0.1) is 6.58 Å². The van der Waals surface area contributed by atoms with Crippen molar-refractivity contribution in [3.8, 4) is 11.5 Å². The Morgan fingerprint density at radius 3 is 2.29 bits per heavy atom. The number of amides is 1. The molecule has 0 N–H and O–H groups in total. The zero-order valence-electron chi connectivity index (χ0n) is 13.8. The van der Waals surface area contributed by atoms with Crippen molar-refractivity contribution in [3.05, 3.63) is 79.4 Å².